The van der Waals surface area contributed by atoms with Gasteiger partial charge in [0.15, 0.2) is 6.10 Å². The lowest BCUT2D eigenvalue weighted by atomic mass is 10.1. The molecule has 0 fully saturated rings. The minimum absolute atomic E-state index is 0.0622. The van der Waals surface area contributed by atoms with Crippen molar-refractivity contribution in [1.29, 1.82) is 0 Å². The second kappa shape index (κ2) is 6.99. The molecule has 2 atom stereocenters. The quantitative estimate of drug-likeness (QED) is 0.793. The lowest BCUT2D eigenvalue weighted by Crippen LogP contribution is -2.27. The Balaban J connectivity index is 3.10. The van der Waals surface area contributed by atoms with Crippen LogP contribution in [0.5, 0.6) is 11.5 Å². The van der Waals surface area contributed by atoms with Gasteiger partial charge in [-0.15, -0.1) is 0 Å². The number of rotatable bonds is 7. The number of nitrogens with one attached hydrogen (secondary N) is 1. The van der Waals surface area contributed by atoms with Crippen LogP contribution in [0, 0.1) is 0 Å². The van der Waals surface area contributed by atoms with Crippen LogP contribution < -0.4 is 14.8 Å². The first kappa shape index (κ1) is 15.3. The largest absolute Gasteiger partial charge is 0.497 e. The number of carbonyl (C=O) groups is 1. The fraction of sp³-hybridized carbons (Fsp3) is 0.500. The highest BCUT2D eigenvalue weighted by atomic mass is 16.5. The molecular formula is C14H21NO4. The summed E-state index contributed by atoms with van der Waals surface area (Å²) in [4.78, 5) is 11.1. The van der Waals surface area contributed by atoms with Crippen LogP contribution in [-0.2, 0) is 4.79 Å². The lowest BCUT2D eigenvalue weighted by molar-refractivity contribution is -0.145. The Bertz CT molecular complexity index is 433. The van der Waals surface area contributed by atoms with Crippen molar-refractivity contribution in [3.63, 3.8) is 0 Å². The number of hydrogen-bond donors (Lipinski definition) is 2. The molecule has 0 saturated carbocycles. The highest BCUT2D eigenvalue weighted by Crippen LogP contribution is 2.30. The number of hydrogen-bond acceptors (Lipinski definition) is 4. The van der Waals surface area contributed by atoms with E-state index < -0.39 is 12.1 Å². The number of benzene rings is 1. The van der Waals surface area contributed by atoms with Crippen LogP contribution in [0.15, 0.2) is 18.2 Å². The van der Waals surface area contributed by atoms with Crippen molar-refractivity contribution in [2.75, 3.05) is 14.2 Å². The predicted octanol–water partition coefficient (Wildman–Crippen LogP) is 2.22. The van der Waals surface area contributed by atoms with Crippen molar-refractivity contribution in [2.45, 2.75) is 32.4 Å². The van der Waals surface area contributed by atoms with Crippen LogP contribution in [0.4, 0.5) is 0 Å². The van der Waals surface area contributed by atoms with E-state index in [0.717, 1.165) is 5.56 Å². The molecule has 0 aliphatic heterocycles. The Kier molecular flexibility index (Phi) is 5.63. The van der Waals surface area contributed by atoms with Crippen LogP contribution in [-0.4, -0.2) is 31.3 Å². The maximum Gasteiger partial charge on any atom is 0.344 e. The van der Waals surface area contributed by atoms with Crippen LogP contribution in [0.2, 0.25) is 0 Å². The Hall–Kier alpha value is -1.75. The summed E-state index contributed by atoms with van der Waals surface area (Å²) in [5.41, 5.74) is 0.906. The zero-order valence-electron chi connectivity index (χ0n) is 11.8. The smallest absolute Gasteiger partial charge is 0.344 e. The third kappa shape index (κ3) is 3.86. The molecule has 106 valence electrons. The molecule has 2 N–H and O–H groups in total. The highest BCUT2D eigenvalue weighted by molar-refractivity contribution is 5.72. The molecule has 0 bridgehead atoms. The molecular weight excluding hydrogens is 246 g/mol. The van der Waals surface area contributed by atoms with E-state index in [1.165, 1.54) is 0 Å². The first-order valence-electron chi connectivity index (χ1n) is 6.28. The van der Waals surface area contributed by atoms with Crippen LogP contribution in [0.1, 0.15) is 31.9 Å². The van der Waals surface area contributed by atoms with Gasteiger partial charge in [0, 0.05) is 17.7 Å². The molecule has 2 unspecified atom stereocenters. The number of methoxy groups -OCH3 is 1. The van der Waals surface area contributed by atoms with E-state index in [-0.39, 0.29) is 6.04 Å². The topological polar surface area (TPSA) is 67.8 Å². The molecule has 0 aromatic heterocycles. The average molecular weight is 267 g/mol. The summed E-state index contributed by atoms with van der Waals surface area (Å²) in [6, 6.07) is 5.49. The van der Waals surface area contributed by atoms with Crippen molar-refractivity contribution >= 4 is 5.97 Å². The van der Waals surface area contributed by atoms with E-state index >= 15 is 0 Å². The lowest BCUT2D eigenvalue weighted by Gasteiger charge is -2.20. The van der Waals surface area contributed by atoms with E-state index in [1.54, 1.807) is 20.1 Å². The fourth-order valence-corrected chi connectivity index (χ4v) is 1.72. The van der Waals surface area contributed by atoms with Gasteiger partial charge in [0.25, 0.3) is 0 Å². The number of aliphatic carboxylic acids is 1. The molecule has 0 saturated heterocycles. The van der Waals surface area contributed by atoms with E-state index in [4.69, 9.17) is 14.6 Å². The molecule has 0 spiro atoms. The van der Waals surface area contributed by atoms with Gasteiger partial charge in [0.05, 0.1) is 7.11 Å². The Morgan fingerprint density at radius 1 is 1.47 bits per heavy atom. The van der Waals surface area contributed by atoms with Gasteiger partial charge < -0.3 is 19.9 Å². The van der Waals surface area contributed by atoms with Gasteiger partial charge in [-0.1, -0.05) is 13.0 Å². The van der Waals surface area contributed by atoms with Gasteiger partial charge in [0.1, 0.15) is 11.5 Å². The first-order valence-corrected chi connectivity index (χ1v) is 6.28. The summed E-state index contributed by atoms with van der Waals surface area (Å²) < 4.78 is 10.8. The molecule has 0 heterocycles. The summed E-state index contributed by atoms with van der Waals surface area (Å²) in [5.74, 6) is 0.214. The molecule has 5 heteroatoms. The van der Waals surface area contributed by atoms with Gasteiger partial charge in [-0.25, -0.2) is 4.79 Å². The summed E-state index contributed by atoms with van der Waals surface area (Å²) >= 11 is 0. The monoisotopic (exact) mass is 267 g/mol. The Labute approximate surface area is 113 Å². The Morgan fingerprint density at radius 2 is 2.16 bits per heavy atom. The third-order valence-corrected chi connectivity index (χ3v) is 3.04. The molecule has 5 nitrogen and oxygen atoms in total. The molecule has 1 rings (SSSR count). The molecule has 1 aromatic rings. The number of carboxylic acid groups (broad SMARTS) is 1. The second-order valence-electron chi connectivity index (χ2n) is 4.27. The van der Waals surface area contributed by atoms with Crippen LogP contribution >= 0.6 is 0 Å². The zero-order chi connectivity index (χ0) is 14.4. The van der Waals surface area contributed by atoms with Crippen LogP contribution in [0.25, 0.3) is 0 Å². The standard InChI is InChI=1S/C14H21NO4/c1-5-12(14(16)17)19-13-8-10(18-4)6-7-11(13)9(2)15-3/h6-9,12,15H,5H2,1-4H3,(H,16,17). The van der Waals surface area contributed by atoms with Crippen molar-refractivity contribution in [2.24, 2.45) is 0 Å². The number of ether oxygens (including phenoxy) is 2. The predicted molar refractivity (Wildman–Crippen MR) is 72.8 cm³/mol. The van der Waals surface area contributed by atoms with Gasteiger partial charge in [-0.3, -0.25) is 0 Å². The first-order chi connectivity index (χ1) is 9.03. The normalized spacial score (nSPS) is 13.7. The van der Waals surface area contributed by atoms with Gasteiger partial charge >= 0.3 is 5.97 Å². The minimum atomic E-state index is -0.964. The molecule has 1 aromatic carbocycles. The van der Waals surface area contributed by atoms with E-state index in [2.05, 4.69) is 5.32 Å². The highest BCUT2D eigenvalue weighted by Gasteiger charge is 2.20. The summed E-state index contributed by atoms with van der Waals surface area (Å²) in [6.07, 6.45) is -0.449. The van der Waals surface area contributed by atoms with E-state index in [0.29, 0.717) is 17.9 Å². The molecule has 0 radical (unpaired) electrons. The van der Waals surface area contributed by atoms with Crippen molar-refractivity contribution in [3.05, 3.63) is 23.8 Å². The molecule has 0 aliphatic rings. The fourth-order valence-electron chi connectivity index (χ4n) is 1.72. The molecule has 0 aliphatic carbocycles. The third-order valence-electron chi connectivity index (χ3n) is 3.04. The molecule has 0 amide bonds. The zero-order valence-corrected chi connectivity index (χ0v) is 11.8. The van der Waals surface area contributed by atoms with Crippen LogP contribution in [0.3, 0.4) is 0 Å². The minimum Gasteiger partial charge on any atom is -0.497 e. The van der Waals surface area contributed by atoms with E-state index in [9.17, 15) is 4.79 Å². The summed E-state index contributed by atoms with van der Waals surface area (Å²) in [6.45, 7) is 3.76. The van der Waals surface area contributed by atoms with Gasteiger partial charge in [-0.2, -0.15) is 0 Å². The van der Waals surface area contributed by atoms with Crippen molar-refractivity contribution in [3.8, 4) is 11.5 Å². The number of carboxylic acids is 1. The van der Waals surface area contributed by atoms with Gasteiger partial charge in [0.2, 0.25) is 0 Å². The molecule has 19 heavy (non-hydrogen) atoms. The van der Waals surface area contributed by atoms with Crippen molar-refractivity contribution in [1.82, 2.24) is 5.32 Å². The van der Waals surface area contributed by atoms with Gasteiger partial charge in [-0.05, 0) is 26.5 Å². The summed E-state index contributed by atoms with van der Waals surface area (Å²) in [5, 5.41) is 12.2. The maximum atomic E-state index is 11.1. The Morgan fingerprint density at radius 3 is 2.63 bits per heavy atom. The summed E-state index contributed by atoms with van der Waals surface area (Å²) in [7, 11) is 3.40. The maximum absolute atomic E-state index is 11.1. The average Bonchev–Trinajstić information content (AvgIpc) is 2.43. The van der Waals surface area contributed by atoms with Crippen molar-refractivity contribution < 1.29 is 19.4 Å². The van der Waals surface area contributed by atoms with E-state index in [1.807, 2.05) is 26.1 Å². The SMILES string of the molecule is CCC(Oc1cc(OC)ccc1C(C)NC)C(=O)O. The second-order valence-corrected chi connectivity index (χ2v) is 4.27.